The van der Waals surface area contributed by atoms with E-state index in [1.54, 1.807) is 0 Å². The van der Waals surface area contributed by atoms with Crippen LogP contribution in [0.3, 0.4) is 0 Å². The van der Waals surface area contributed by atoms with Crippen molar-refractivity contribution in [3.05, 3.63) is 107 Å². The van der Waals surface area contributed by atoms with Crippen LogP contribution in [0.4, 0.5) is 5.69 Å². The minimum atomic E-state index is 0.0748. The molecule has 43 heavy (non-hydrogen) atoms. The summed E-state index contributed by atoms with van der Waals surface area (Å²) in [6, 6.07) is 28.8. The Labute approximate surface area is 252 Å². The molecular formula is C35H39N7O. The van der Waals surface area contributed by atoms with Crippen molar-refractivity contribution in [3.63, 3.8) is 0 Å². The first-order chi connectivity index (χ1) is 20.9. The van der Waals surface area contributed by atoms with E-state index in [0.29, 0.717) is 13.1 Å². The maximum Gasteiger partial charge on any atom is 0.241 e. The van der Waals surface area contributed by atoms with Crippen LogP contribution < -0.4 is 16.4 Å². The number of fused-ring (bicyclic) bond motifs is 2. The van der Waals surface area contributed by atoms with Crippen LogP contribution in [0, 0.1) is 5.41 Å². The lowest BCUT2D eigenvalue weighted by molar-refractivity contribution is -0.120. The molecule has 1 aliphatic heterocycles. The predicted molar refractivity (Wildman–Crippen MR) is 174 cm³/mol. The van der Waals surface area contributed by atoms with Gasteiger partial charge in [0.15, 0.2) is 0 Å². The summed E-state index contributed by atoms with van der Waals surface area (Å²) in [6.45, 7) is 2.53. The molecule has 8 nitrogen and oxygen atoms in total. The summed E-state index contributed by atoms with van der Waals surface area (Å²) in [5.74, 6) is 1.14. The summed E-state index contributed by atoms with van der Waals surface area (Å²) >= 11 is 0. The third kappa shape index (κ3) is 6.30. The molecule has 0 spiro atoms. The SMILES string of the molecule is Cn1c(CCc2ccc(C(=N)N)cc2)nc2cc(N(Cc3cccc4ccccc34)C(=O)CN3CCC(N)CC3)ccc21. The number of nitrogen functional groups attached to an aromatic ring is 1. The van der Waals surface area contributed by atoms with Gasteiger partial charge in [0.05, 0.1) is 24.1 Å². The zero-order valence-corrected chi connectivity index (χ0v) is 24.7. The smallest absolute Gasteiger partial charge is 0.241 e. The molecule has 1 saturated heterocycles. The first kappa shape index (κ1) is 28.6. The zero-order valence-electron chi connectivity index (χ0n) is 24.7. The summed E-state index contributed by atoms with van der Waals surface area (Å²) in [5.41, 5.74) is 17.5. The van der Waals surface area contributed by atoms with Gasteiger partial charge in [-0.05, 0) is 59.4 Å². The Balaban J connectivity index is 1.28. The monoisotopic (exact) mass is 573 g/mol. The molecule has 1 amide bonds. The lowest BCUT2D eigenvalue weighted by Gasteiger charge is -2.32. The molecule has 0 bridgehead atoms. The second-order valence-corrected chi connectivity index (χ2v) is 11.6. The second kappa shape index (κ2) is 12.4. The second-order valence-electron chi connectivity index (χ2n) is 11.6. The normalized spacial score (nSPS) is 14.4. The number of nitrogens with one attached hydrogen (secondary N) is 1. The highest BCUT2D eigenvalue weighted by Gasteiger charge is 2.24. The number of nitrogens with zero attached hydrogens (tertiary/aromatic N) is 4. The van der Waals surface area contributed by atoms with Crippen LogP contribution in [0.2, 0.25) is 0 Å². The number of nitrogens with two attached hydrogens (primary N) is 2. The van der Waals surface area contributed by atoms with Crippen molar-refractivity contribution < 1.29 is 4.79 Å². The molecule has 0 radical (unpaired) electrons. The number of amides is 1. The Morgan fingerprint density at radius 1 is 0.977 bits per heavy atom. The number of carbonyl (C=O) groups is 1. The van der Waals surface area contributed by atoms with E-state index >= 15 is 0 Å². The molecule has 220 valence electrons. The average Bonchev–Trinajstić information content (AvgIpc) is 3.34. The Morgan fingerprint density at radius 2 is 1.72 bits per heavy atom. The number of rotatable bonds is 9. The molecule has 1 fully saturated rings. The summed E-state index contributed by atoms with van der Waals surface area (Å²) in [6.07, 6.45) is 3.43. The van der Waals surface area contributed by atoms with Gasteiger partial charge in [0, 0.05) is 43.9 Å². The largest absolute Gasteiger partial charge is 0.384 e. The van der Waals surface area contributed by atoms with Crippen molar-refractivity contribution in [1.29, 1.82) is 5.41 Å². The standard InChI is InChI=1S/C35H39N7O/c1-40-32-15-14-29(21-31(32)39-33(40)16-11-24-9-12-26(13-10-24)35(37)38)42(34(43)23-41-19-17-28(36)18-20-41)22-27-7-4-6-25-5-2-3-8-30(25)27/h2-10,12-15,21,28H,11,16-20,22-23,36H2,1H3,(H3,37,38). The number of benzene rings is 4. The van der Waals surface area contributed by atoms with E-state index in [0.717, 1.165) is 83.2 Å². The first-order valence-corrected chi connectivity index (χ1v) is 15.0. The number of piperidine rings is 1. The minimum Gasteiger partial charge on any atom is -0.384 e. The van der Waals surface area contributed by atoms with Crippen LogP contribution in [0.5, 0.6) is 0 Å². The molecule has 0 saturated carbocycles. The van der Waals surface area contributed by atoms with Crippen molar-refractivity contribution in [3.8, 4) is 0 Å². The Bertz CT molecular complexity index is 1760. The highest BCUT2D eigenvalue weighted by molar-refractivity contribution is 5.97. The van der Waals surface area contributed by atoms with E-state index < -0.39 is 0 Å². The van der Waals surface area contributed by atoms with E-state index in [9.17, 15) is 4.79 Å². The van der Waals surface area contributed by atoms with E-state index in [2.05, 4.69) is 51.9 Å². The van der Waals surface area contributed by atoms with E-state index in [4.69, 9.17) is 21.9 Å². The van der Waals surface area contributed by atoms with Gasteiger partial charge in [-0.15, -0.1) is 0 Å². The number of aryl methyl sites for hydroxylation is 3. The van der Waals surface area contributed by atoms with Gasteiger partial charge < -0.3 is 20.9 Å². The van der Waals surface area contributed by atoms with Crippen LogP contribution in [0.25, 0.3) is 21.8 Å². The average molecular weight is 574 g/mol. The lowest BCUT2D eigenvalue weighted by Crippen LogP contribution is -2.45. The van der Waals surface area contributed by atoms with Gasteiger partial charge in [-0.2, -0.15) is 0 Å². The lowest BCUT2D eigenvalue weighted by atomic mass is 10.0. The summed E-state index contributed by atoms with van der Waals surface area (Å²) in [4.78, 5) is 23.1. The third-order valence-corrected chi connectivity index (χ3v) is 8.67. The van der Waals surface area contributed by atoms with E-state index in [1.165, 1.54) is 5.56 Å². The number of aromatic nitrogens is 2. The summed E-state index contributed by atoms with van der Waals surface area (Å²) in [5, 5.41) is 9.93. The van der Waals surface area contributed by atoms with Crippen LogP contribution in [-0.4, -0.2) is 51.9 Å². The number of hydrogen-bond donors (Lipinski definition) is 3. The predicted octanol–water partition coefficient (Wildman–Crippen LogP) is 4.75. The number of amidine groups is 1. The fraction of sp³-hybridized carbons (Fsp3) is 0.286. The maximum absolute atomic E-state index is 14.0. The quantitative estimate of drug-likeness (QED) is 0.174. The molecule has 4 aromatic carbocycles. The fourth-order valence-electron chi connectivity index (χ4n) is 6.05. The zero-order chi connectivity index (χ0) is 29.9. The molecule has 0 unspecified atom stereocenters. The molecule has 2 heterocycles. The van der Waals surface area contributed by atoms with Gasteiger partial charge in [-0.25, -0.2) is 4.98 Å². The van der Waals surface area contributed by atoms with Crippen LogP contribution in [0.1, 0.15) is 35.4 Å². The minimum absolute atomic E-state index is 0.0748. The van der Waals surface area contributed by atoms with E-state index in [-0.39, 0.29) is 17.8 Å². The number of hydrogen-bond acceptors (Lipinski definition) is 5. The highest BCUT2D eigenvalue weighted by Crippen LogP contribution is 2.27. The fourth-order valence-corrected chi connectivity index (χ4v) is 6.05. The van der Waals surface area contributed by atoms with Crippen LogP contribution >= 0.6 is 0 Å². The maximum atomic E-state index is 14.0. The summed E-state index contributed by atoms with van der Waals surface area (Å²) in [7, 11) is 2.04. The first-order valence-electron chi connectivity index (χ1n) is 15.0. The Hall–Kier alpha value is -4.53. The molecule has 6 rings (SSSR count). The van der Waals surface area contributed by atoms with Crippen molar-refractivity contribution >= 4 is 39.2 Å². The summed E-state index contributed by atoms with van der Waals surface area (Å²) < 4.78 is 2.14. The molecule has 0 atom stereocenters. The third-order valence-electron chi connectivity index (χ3n) is 8.67. The molecule has 1 aliphatic rings. The molecule has 5 N–H and O–H groups in total. The van der Waals surface area contributed by atoms with E-state index in [1.807, 2.05) is 54.4 Å². The molecule has 1 aromatic heterocycles. The van der Waals surface area contributed by atoms with Crippen molar-refractivity contribution in [2.75, 3.05) is 24.5 Å². The Kier molecular flexibility index (Phi) is 8.22. The molecular weight excluding hydrogens is 534 g/mol. The van der Waals surface area contributed by atoms with Crippen molar-refractivity contribution in [2.24, 2.45) is 18.5 Å². The van der Waals surface area contributed by atoms with Gasteiger partial charge in [0.1, 0.15) is 11.7 Å². The topological polar surface area (TPSA) is 117 Å². The molecule has 8 heteroatoms. The van der Waals surface area contributed by atoms with Gasteiger partial charge >= 0.3 is 0 Å². The number of imidazole rings is 1. The number of likely N-dealkylation sites (tertiary alicyclic amines) is 1. The van der Waals surface area contributed by atoms with Gasteiger partial charge in [-0.3, -0.25) is 15.1 Å². The Morgan fingerprint density at radius 3 is 2.49 bits per heavy atom. The molecule has 0 aliphatic carbocycles. The van der Waals surface area contributed by atoms with Crippen LogP contribution in [-0.2, 0) is 31.2 Å². The molecule has 5 aromatic rings. The highest BCUT2D eigenvalue weighted by atomic mass is 16.2. The van der Waals surface area contributed by atoms with Crippen molar-refractivity contribution in [2.45, 2.75) is 38.3 Å². The van der Waals surface area contributed by atoms with Crippen LogP contribution in [0.15, 0.2) is 84.9 Å². The number of anilines is 1. The van der Waals surface area contributed by atoms with Gasteiger partial charge in [0.25, 0.3) is 0 Å². The van der Waals surface area contributed by atoms with Crippen molar-refractivity contribution in [1.82, 2.24) is 14.5 Å². The van der Waals surface area contributed by atoms with Gasteiger partial charge in [0.2, 0.25) is 5.91 Å². The number of carbonyl (C=O) groups excluding carboxylic acids is 1. The van der Waals surface area contributed by atoms with Gasteiger partial charge in [-0.1, -0.05) is 66.7 Å².